The smallest absolute Gasteiger partial charge is 0.136 e. The molecule has 0 saturated heterocycles. The number of hydrogen-bond acceptors (Lipinski definition) is 4. The fourth-order valence-electron chi connectivity index (χ4n) is 2.98. The maximum absolute atomic E-state index is 5.86. The van der Waals surface area contributed by atoms with Gasteiger partial charge in [-0.25, -0.2) is 4.98 Å². The van der Waals surface area contributed by atoms with Crippen molar-refractivity contribution in [3.05, 3.63) is 30.5 Å². The second-order valence-corrected chi connectivity index (χ2v) is 5.70. The summed E-state index contributed by atoms with van der Waals surface area (Å²) in [6.45, 7) is 1.02. The predicted molar refractivity (Wildman–Crippen MR) is 82.3 cm³/mol. The molecule has 3 rings (SSSR count). The summed E-state index contributed by atoms with van der Waals surface area (Å²) in [7, 11) is 3.80. The highest BCUT2D eigenvalue weighted by atomic mass is 16.5. The molecule has 1 aliphatic rings. The lowest BCUT2D eigenvalue weighted by molar-refractivity contribution is 0.271. The maximum atomic E-state index is 5.86. The molecule has 1 saturated carbocycles. The van der Waals surface area contributed by atoms with Crippen molar-refractivity contribution >= 4 is 16.6 Å². The summed E-state index contributed by atoms with van der Waals surface area (Å²) in [6, 6.07) is 8.54. The molecular formula is C16H21N3O. The number of ether oxygens (including phenoxy) is 1. The first kappa shape index (κ1) is 13.2. The van der Waals surface area contributed by atoms with Gasteiger partial charge in [0, 0.05) is 31.2 Å². The minimum absolute atomic E-state index is 0.401. The summed E-state index contributed by atoms with van der Waals surface area (Å²) in [5, 5.41) is 2.32. The lowest BCUT2D eigenvalue weighted by atomic mass is 9.80. The molecule has 1 aromatic carbocycles. The van der Waals surface area contributed by atoms with E-state index >= 15 is 0 Å². The Bertz CT molecular complexity index is 608. The topological polar surface area (TPSA) is 51.4 Å². The Morgan fingerprint density at radius 3 is 2.85 bits per heavy atom. The second-order valence-electron chi connectivity index (χ2n) is 5.70. The molecule has 0 radical (unpaired) electrons. The number of pyridine rings is 1. The van der Waals surface area contributed by atoms with Crippen molar-refractivity contribution in [3.63, 3.8) is 0 Å². The highest BCUT2D eigenvalue weighted by Gasteiger charge is 2.27. The van der Waals surface area contributed by atoms with Crippen LogP contribution in [0.1, 0.15) is 12.8 Å². The van der Waals surface area contributed by atoms with Crippen molar-refractivity contribution < 1.29 is 4.74 Å². The quantitative estimate of drug-likeness (QED) is 0.928. The lowest BCUT2D eigenvalue weighted by Crippen LogP contribution is -2.42. The first-order chi connectivity index (χ1) is 9.67. The van der Waals surface area contributed by atoms with E-state index in [2.05, 4.69) is 23.0 Å². The third-order valence-electron chi connectivity index (χ3n) is 4.12. The summed E-state index contributed by atoms with van der Waals surface area (Å²) in [6.07, 6.45) is 4.12. The Kier molecular flexibility index (Phi) is 3.49. The van der Waals surface area contributed by atoms with Crippen LogP contribution in [0.5, 0.6) is 5.75 Å². The monoisotopic (exact) mass is 271 g/mol. The molecule has 4 nitrogen and oxygen atoms in total. The summed E-state index contributed by atoms with van der Waals surface area (Å²) in [5.41, 5.74) is 5.86. The van der Waals surface area contributed by atoms with Gasteiger partial charge in [0.25, 0.3) is 0 Å². The van der Waals surface area contributed by atoms with E-state index in [0.717, 1.165) is 36.3 Å². The van der Waals surface area contributed by atoms with Crippen molar-refractivity contribution in [2.24, 2.45) is 11.7 Å². The number of nitrogens with two attached hydrogens (primary N) is 1. The summed E-state index contributed by atoms with van der Waals surface area (Å²) >= 11 is 0. The fourth-order valence-corrected chi connectivity index (χ4v) is 2.98. The Morgan fingerprint density at radius 2 is 2.15 bits per heavy atom. The molecule has 1 heterocycles. The third kappa shape index (κ3) is 2.43. The van der Waals surface area contributed by atoms with Crippen molar-refractivity contribution in [3.8, 4) is 5.75 Å². The minimum Gasteiger partial charge on any atom is -0.497 e. The Hall–Kier alpha value is -1.81. The highest BCUT2D eigenvalue weighted by molar-refractivity contribution is 5.93. The largest absolute Gasteiger partial charge is 0.497 e. The molecule has 0 unspecified atom stereocenters. The predicted octanol–water partition coefficient (Wildman–Crippen LogP) is 2.42. The molecule has 2 N–H and O–H groups in total. The van der Waals surface area contributed by atoms with Crippen LogP contribution in [0, 0.1) is 5.92 Å². The number of rotatable bonds is 4. The molecule has 4 heteroatoms. The molecule has 0 atom stereocenters. The number of anilines is 1. The van der Waals surface area contributed by atoms with E-state index in [1.165, 1.54) is 5.39 Å². The molecule has 106 valence electrons. The van der Waals surface area contributed by atoms with E-state index in [1.807, 2.05) is 24.4 Å². The lowest BCUT2D eigenvalue weighted by Gasteiger charge is -2.35. The number of aromatic nitrogens is 1. The summed E-state index contributed by atoms with van der Waals surface area (Å²) < 4.78 is 5.28. The van der Waals surface area contributed by atoms with Crippen LogP contribution in [0.15, 0.2) is 30.5 Å². The average molecular weight is 271 g/mol. The molecule has 0 spiro atoms. The van der Waals surface area contributed by atoms with E-state index < -0.39 is 0 Å². The average Bonchev–Trinajstić information content (AvgIpc) is 2.44. The van der Waals surface area contributed by atoms with Gasteiger partial charge in [0.15, 0.2) is 0 Å². The molecule has 1 fully saturated rings. The van der Waals surface area contributed by atoms with Crippen LogP contribution in [0.3, 0.4) is 0 Å². The normalized spacial score (nSPS) is 21.6. The van der Waals surface area contributed by atoms with E-state index in [0.29, 0.717) is 12.0 Å². The van der Waals surface area contributed by atoms with Crippen LogP contribution in [0.2, 0.25) is 0 Å². The molecule has 1 aliphatic carbocycles. The first-order valence-electron chi connectivity index (χ1n) is 7.07. The molecule has 0 bridgehead atoms. The van der Waals surface area contributed by atoms with Crippen molar-refractivity contribution in [1.29, 1.82) is 0 Å². The van der Waals surface area contributed by atoms with Crippen LogP contribution in [0.4, 0.5) is 5.82 Å². The standard InChI is InChI=1S/C16H21N3O/c1-19(10-11-7-13(17)8-11)16-15-4-3-14(20-2)9-12(15)5-6-18-16/h3-6,9,11,13H,7-8,10,17H2,1-2H3. The Morgan fingerprint density at radius 1 is 1.35 bits per heavy atom. The van der Waals surface area contributed by atoms with Gasteiger partial charge in [0.2, 0.25) is 0 Å². The van der Waals surface area contributed by atoms with Gasteiger partial charge in [-0.3, -0.25) is 0 Å². The van der Waals surface area contributed by atoms with Crippen LogP contribution in [0.25, 0.3) is 10.8 Å². The summed E-state index contributed by atoms with van der Waals surface area (Å²) in [5.74, 6) is 2.61. The highest BCUT2D eigenvalue weighted by Crippen LogP contribution is 2.31. The Labute approximate surface area is 119 Å². The van der Waals surface area contributed by atoms with Gasteiger partial charge in [-0.2, -0.15) is 0 Å². The van der Waals surface area contributed by atoms with Gasteiger partial charge in [-0.05, 0) is 48.4 Å². The van der Waals surface area contributed by atoms with Crippen LogP contribution >= 0.6 is 0 Å². The number of benzene rings is 1. The number of fused-ring (bicyclic) bond motifs is 1. The third-order valence-corrected chi connectivity index (χ3v) is 4.12. The number of methoxy groups -OCH3 is 1. The zero-order chi connectivity index (χ0) is 14.1. The zero-order valence-corrected chi connectivity index (χ0v) is 12.0. The van der Waals surface area contributed by atoms with Crippen molar-refractivity contribution in [2.75, 3.05) is 25.6 Å². The van der Waals surface area contributed by atoms with Crippen LogP contribution in [-0.2, 0) is 0 Å². The van der Waals surface area contributed by atoms with Crippen molar-refractivity contribution in [2.45, 2.75) is 18.9 Å². The van der Waals surface area contributed by atoms with Gasteiger partial charge in [-0.15, -0.1) is 0 Å². The fraction of sp³-hybridized carbons (Fsp3) is 0.438. The van der Waals surface area contributed by atoms with Gasteiger partial charge in [-0.1, -0.05) is 0 Å². The van der Waals surface area contributed by atoms with E-state index in [-0.39, 0.29) is 0 Å². The molecule has 0 amide bonds. The van der Waals surface area contributed by atoms with E-state index in [9.17, 15) is 0 Å². The van der Waals surface area contributed by atoms with Gasteiger partial charge >= 0.3 is 0 Å². The van der Waals surface area contributed by atoms with Gasteiger partial charge < -0.3 is 15.4 Å². The number of hydrogen-bond donors (Lipinski definition) is 1. The molecule has 2 aromatic rings. The van der Waals surface area contributed by atoms with Crippen LogP contribution < -0.4 is 15.4 Å². The maximum Gasteiger partial charge on any atom is 0.136 e. The zero-order valence-electron chi connectivity index (χ0n) is 12.0. The van der Waals surface area contributed by atoms with Gasteiger partial charge in [0.05, 0.1) is 7.11 Å². The molecule has 20 heavy (non-hydrogen) atoms. The molecular weight excluding hydrogens is 250 g/mol. The van der Waals surface area contributed by atoms with Gasteiger partial charge in [0.1, 0.15) is 11.6 Å². The summed E-state index contributed by atoms with van der Waals surface area (Å²) in [4.78, 5) is 6.79. The number of nitrogens with zero attached hydrogens (tertiary/aromatic N) is 2. The van der Waals surface area contributed by atoms with Crippen LogP contribution in [-0.4, -0.2) is 31.7 Å². The minimum atomic E-state index is 0.401. The second kappa shape index (κ2) is 5.29. The first-order valence-corrected chi connectivity index (χ1v) is 7.07. The van der Waals surface area contributed by atoms with E-state index in [4.69, 9.17) is 10.5 Å². The van der Waals surface area contributed by atoms with E-state index in [1.54, 1.807) is 7.11 Å². The molecule has 1 aromatic heterocycles. The Balaban J connectivity index is 1.86. The SMILES string of the molecule is COc1ccc2c(N(C)CC3CC(N)C3)nccc2c1. The molecule has 0 aliphatic heterocycles. The van der Waals surface area contributed by atoms with Crippen molar-refractivity contribution in [1.82, 2.24) is 4.98 Å².